The molecule has 0 aromatic carbocycles. The van der Waals surface area contributed by atoms with Crippen LogP contribution in [-0.2, 0) is 10.0 Å². The number of hydrogen-bond acceptors (Lipinski definition) is 7. The molecule has 0 saturated heterocycles. The Hall–Kier alpha value is -0.900. The van der Waals surface area contributed by atoms with Gasteiger partial charge in [-0.3, -0.25) is 0 Å². The fourth-order valence-corrected chi connectivity index (χ4v) is 3.13. The first-order chi connectivity index (χ1) is 7.26. The summed E-state index contributed by atoms with van der Waals surface area (Å²) in [7, 11) is 2.83. The van der Waals surface area contributed by atoms with Crippen LogP contribution >= 0.6 is 11.5 Å². The fourth-order valence-electron chi connectivity index (χ4n) is 1.00. The molecule has 16 heavy (non-hydrogen) atoms. The van der Waals surface area contributed by atoms with Gasteiger partial charge in [0.05, 0.1) is 0 Å². The molecule has 0 amide bonds. The molecule has 1 rings (SSSR count). The van der Waals surface area contributed by atoms with Crippen LogP contribution in [0.5, 0.6) is 0 Å². The molecule has 7 nitrogen and oxygen atoms in total. The monoisotopic (exact) mass is 265 g/mol. The van der Waals surface area contributed by atoms with E-state index in [9.17, 15) is 8.42 Å². The van der Waals surface area contributed by atoms with Crippen LogP contribution in [-0.4, -0.2) is 50.3 Å². The molecule has 1 aromatic heterocycles. The highest BCUT2D eigenvalue weighted by Crippen LogP contribution is 2.32. The van der Waals surface area contributed by atoms with E-state index in [1.165, 1.54) is 14.1 Å². The van der Waals surface area contributed by atoms with Crippen LogP contribution in [0.25, 0.3) is 0 Å². The maximum Gasteiger partial charge on any atom is 0.249 e. The Morgan fingerprint density at radius 2 is 1.88 bits per heavy atom. The van der Waals surface area contributed by atoms with Gasteiger partial charge in [-0.1, -0.05) is 0 Å². The number of hydrogen-bond donors (Lipinski definition) is 2. The van der Waals surface area contributed by atoms with E-state index in [1.54, 1.807) is 19.1 Å². The summed E-state index contributed by atoms with van der Waals surface area (Å²) in [6, 6.07) is 0. The summed E-state index contributed by atoms with van der Waals surface area (Å²) in [5.74, 6) is 0.0167. The van der Waals surface area contributed by atoms with Gasteiger partial charge in [0.1, 0.15) is 5.00 Å². The van der Waals surface area contributed by atoms with E-state index in [2.05, 4.69) is 9.80 Å². The second-order valence-corrected chi connectivity index (χ2v) is 6.38. The van der Waals surface area contributed by atoms with Gasteiger partial charge in [-0.15, -0.1) is 0 Å². The normalized spacial score (nSPS) is 12.4. The van der Waals surface area contributed by atoms with Gasteiger partial charge in [-0.05, 0) is 11.5 Å². The molecule has 0 fully saturated rings. The Labute approximate surface area is 99.0 Å². The molecule has 1 heterocycles. The average Bonchev–Trinajstić information content (AvgIpc) is 2.46. The van der Waals surface area contributed by atoms with Crippen molar-refractivity contribution in [2.45, 2.75) is 4.90 Å². The minimum atomic E-state index is -3.57. The molecular formula is C7H15N5O2S2. The molecule has 9 heteroatoms. The van der Waals surface area contributed by atoms with E-state index in [0.29, 0.717) is 5.00 Å². The SMILES string of the molecule is CN(C)Nc1snc(N)c1S(=O)(=O)N(C)C. The third-order valence-corrected chi connectivity index (χ3v) is 4.52. The summed E-state index contributed by atoms with van der Waals surface area (Å²) in [5.41, 5.74) is 8.43. The quantitative estimate of drug-likeness (QED) is 0.737. The number of anilines is 2. The lowest BCUT2D eigenvalue weighted by molar-refractivity contribution is 0.493. The van der Waals surface area contributed by atoms with Gasteiger partial charge in [-0.2, -0.15) is 4.37 Å². The van der Waals surface area contributed by atoms with Crippen molar-refractivity contribution in [3.63, 3.8) is 0 Å². The highest BCUT2D eigenvalue weighted by atomic mass is 32.2. The standard InChI is InChI=1S/C7H15N5O2S2/c1-11(2)9-7-5(6(8)10-15-7)16(13,14)12(3)4/h9H,1-4H3,(H2,8,10). The maximum atomic E-state index is 12.0. The van der Waals surface area contributed by atoms with Crippen LogP contribution in [0.3, 0.4) is 0 Å². The van der Waals surface area contributed by atoms with Crippen molar-refractivity contribution in [2.24, 2.45) is 0 Å². The number of hydrazine groups is 1. The summed E-state index contributed by atoms with van der Waals surface area (Å²) in [4.78, 5) is 0.0243. The molecule has 0 spiro atoms. The minimum Gasteiger partial charge on any atom is -0.382 e. The van der Waals surface area contributed by atoms with Gasteiger partial charge in [0, 0.05) is 28.2 Å². The van der Waals surface area contributed by atoms with Gasteiger partial charge in [-0.25, -0.2) is 17.7 Å². The van der Waals surface area contributed by atoms with Crippen molar-refractivity contribution < 1.29 is 8.42 Å². The third kappa shape index (κ3) is 2.43. The topological polar surface area (TPSA) is 91.6 Å². The van der Waals surface area contributed by atoms with Crippen LogP contribution in [0.15, 0.2) is 4.90 Å². The predicted molar refractivity (Wildman–Crippen MR) is 64.7 cm³/mol. The van der Waals surface area contributed by atoms with Gasteiger partial charge in [0.15, 0.2) is 10.7 Å². The molecule has 0 bridgehead atoms. The largest absolute Gasteiger partial charge is 0.382 e. The number of nitrogens with one attached hydrogen (secondary N) is 1. The number of aromatic nitrogens is 1. The van der Waals surface area contributed by atoms with Crippen LogP contribution in [0, 0.1) is 0 Å². The molecule has 0 unspecified atom stereocenters. The van der Waals surface area contributed by atoms with Crippen LogP contribution < -0.4 is 11.2 Å². The Bertz CT molecular complexity index is 465. The lowest BCUT2D eigenvalue weighted by Crippen LogP contribution is -2.25. The molecule has 0 atom stereocenters. The molecule has 92 valence electrons. The average molecular weight is 265 g/mol. The molecule has 0 radical (unpaired) electrons. The Kier molecular flexibility index (Phi) is 3.73. The van der Waals surface area contributed by atoms with Crippen LogP contribution in [0.2, 0.25) is 0 Å². The van der Waals surface area contributed by atoms with Crippen molar-refractivity contribution in [2.75, 3.05) is 39.4 Å². The van der Waals surface area contributed by atoms with Gasteiger partial charge in [0.25, 0.3) is 0 Å². The second kappa shape index (κ2) is 4.53. The lowest BCUT2D eigenvalue weighted by Gasteiger charge is -2.15. The fraction of sp³-hybridized carbons (Fsp3) is 0.571. The van der Waals surface area contributed by atoms with E-state index < -0.39 is 10.0 Å². The molecule has 3 N–H and O–H groups in total. The van der Waals surface area contributed by atoms with Gasteiger partial charge in [0.2, 0.25) is 10.0 Å². The Balaban J connectivity index is 3.27. The van der Waals surface area contributed by atoms with Crippen LogP contribution in [0.4, 0.5) is 10.8 Å². The predicted octanol–water partition coefficient (Wildman–Crippen LogP) is -0.136. The smallest absolute Gasteiger partial charge is 0.249 e. The number of nitrogens with two attached hydrogens (primary N) is 1. The number of nitrogens with zero attached hydrogens (tertiary/aromatic N) is 3. The zero-order chi connectivity index (χ0) is 12.5. The highest BCUT2D eigenvalue weighted by Gasteiger charge is 2.27. The molecule has 0 aliphatic heterocycles. The van der Waals surface area contributed by atoms with Gasteiger partial charge >= 0.3 is 0 Å². The van der Waals surface area contributed by atoms with E-state index in [1.807, 2.05) is 0 Å². The number of sulfonamides is 1. The van der Waals surface area contributed by atoms with E-state index in [-0.39, 0.29) is 10.7 Å². The molecule has 0 saturated carbocycles. The maximum absolute atomic E-state index is 12.0. The summed E-state index contributed by atoms with van der Waals surface area (Å²) in [6.07, 6.45) is 0. The summed E-state index contributed by atoms with van der Waals surface area (Å²) >= 11 is 1.02. The van der Waals surface area contributed by atoms with Gasteiger partial charge < -0.3 is 11.2 Å². The van der Waals surface area contributed by atoms with Crippen molar-refractivity contribution in [1.82, 2.24) is 13.7 Å². The Morgan fingerprint density at radius 3 is 2.31 bits per heavy atom. The van der Waals surface area contributed by atoms with Crippen molar-refractivity contribution in [1.29, 1.82) is 0 Å². The van der Waals surface area contributed by atoms with Crippen molar-refractivity contribution in [3.05, 3.63) is 0 Å². The first-order valence-electron chi connectivity index (χ1n) is 4.38. The van der Waals surface area contributed by atoms with E-state index in [0.717, 1.165) is 15.8 Å². The third-order valence-electron chi connectivity index (χ3n) is 1.74. The molecule has 1 aromatic rings. The zero-order valence-corrected chi connectivity index (χ0v) is 11.2. The zero-order valence-electron chi connectivity index (χ0n) is 9.55. The van der Waals surface area contributed by atoms with Crippen LogP contribution in [0.1, 0.15) is 0 Å². The second-order valence-electron chi connectivity index (χ2n) is 3.52. The van der Waals surface area contributed by atoms with Crippen molar-refractivity contribution in [3.8, 4) is 0 Å². The summed E-state index contributed by atoms with van der Waals surface area (Å²) in [5, 5.41) is 2.04. The first kappa shape index (κ1) is 13.2. The number of nitrogen functional groups attached to an aromatic ring is 1. The van der Waals surface area contributed by atoms with Crippen molar-refractivity contribution >= 4 is 32.4 Å². The van der Waals surface area contributed by atoms with E-state index >= 15 is 0 Å². The lowest BCUT2D eigenvalue weighted by atomic mass is 10.6. The Morgan fingerprint density at radius 1 is 1.31 bits per heavy atom. The number of rotatable bonds is 4. The molecular weight excluding hydrogens is 250 g/mol. The first-order valence-corrected chi connectivity index (χ1v) is 6.59. The molecule has 0 aliphatic rings. The summed E-state index contributed by atoms with van der Waals surface area (Å²) in [6.45, 7) is 0. The summed E-state index contributed by atoms with van der Waals surface area (Å²) < 4.78 is 28.9. The van der Waals surface area contributed by atoms with E-state index in [4.69, 9.17) is 5.73 Å². The molecule has 0 aliphatic carbocycles. The minimum absolute atomic E-state index is 0.0167. The highest BCUT2D eigenvalue weighted by molar-refractivity contribution is 7.89.